The maximum absolute atomic E-state index is 13.1. The van der Waals surface area contributed by atoms with Gasteiger partial charge in [0.05, 0.1) is 4.90 Å². The summed E-state index contributed by atoms with van der Waals surface area (Å²) in [6.45, 7) is 6.14. The van der Waals surface area contributed by atoms with E-state index in [-0.39, 0.29) is 10.8 Å². The Morgan fingerprint density at radius 3 is 2.11 bits per heavy atom. The van der Waals surface area contributed by atoms with E-state index in [0.29, 0.717) is 31.7 Å². The van der Waals surface area contributed by atoms with Gasteiger partial charge in [-0.15, -0.1) is 0 Å². The van der Waals surface area contributed by atoms with Crippen molar-refractivity contribution in [2.45, 2.75) is 44.7 Å². The molecule has 0 aromatic heterocycles. The third-order valence-electron chi connectivity index (χ3n) is 4.80. The number of hydrogen-bond acceptors (Lipinski definition) is 3. The molecule has 0 aliphatic carbocycles. The van der Waals surface area contributed by atoms with E-state index < -0.39 is 10.0 Å². The summed E-state index contributed by atoms with van der Waals surface area (Å²) >= 11 is 0. The first kappa shape index (κ1) is 19.6. The molecule has 0 atom stereocenters. The second-order valence-corrected chi connectivity index (χ2v) is 8.80. The topological polar surface area (TPSA) is 57.7 Å². The van der Waals surface area contributed by atoms with E-state index in [1.54, 1.807) is 23.1 Å². The molecule has 5 nitrogen and oxygen atoms in total. The highest BCUT2D eigenvalue weighted by molar-refractivity contribution is 7.89. The first-order valence-electron chi connectivity index (χ1n) is 9.43. The van der Waals surface area contributed by atoms with Crippen LogP contribution in [-0.4, -0.2) is 36.6 Å². The molecule has 0 radical (unpaired) electrons. The molecule has 1 amide bonds. The number of nitrogens with zero attached hydrogens (tertiary/aromatic N) is 2. The average Bonchev–Trinajstić information content (AvgIpc) is 3.12. The van der Waals surface area contributed by atoms with E-state index in [1.165, 1.54) is 10.4 Å². The van der Waals surface area contributed by atoms with Crippen LogP contribution in [0.25, 0.3) is 0 Å². The summed E-state index contributed by atoms with van der Waals surface area (Å²) in [6.07, 6.45) is 1.74. The number of amides is 1. The zero-order valence-corrected chi connectivity index (χ0v) is 16.7. The molecule has 3 rings (SSSR count). The molecule has 0 unspecified atom stereocenters. The minimum atomic E-state index is -3.65. The predicted molar refractivity (Wildman–Crippen MR) is 106 cm³/mol. The van der Waals surface area contributed by atoms with Crippen molar-refractivity contribution in [2.75, 3.05) is 13.1 Å². The van der Waals surface area contributed by atoms with E-state index in [0.717, 1.165) is 24.0 Å². The first-order valence-corrected chi connectivity index (χ1v) is 10.9. The average molecular weight is 387 g/mol. The second-order valence-electron chi connectivity index (χ2n) is 6.86. The van der Waals surface area contributed by atoms with Crippen molar-refractivity contribution in [3.05, 3.63) is 65.2 Å². The van der Waals surface area contributed by atoms with Crippen molar-refractivity contribution in [1.29, 1.82) is 0 Å². The van der Waals surface area contributed by atoms with Crippen LogP contribution in [-0.2, 0) is 23.1 Å². The lowest BCUT2D eigenvalue weighted by Gasteiger charge is -2.22. The molecule has 0 N–H and O–H groups in total. The van der Waals surface area contributed by atoms with Gasteiger partial charge in [-0.2, -0.15) is 4.31 Å². The highest BCUT2D eigenvalue weighted by atomic mass is 32.2. The molecule has 0 saturated heterocycles. The molecule has 2 aromatic carbocycles. The van der Waals surface area contributed by atoms with Gasteiger partial charge in [-0.1, -0.05) is 44.2 Å². The molecule has 0 spiro atoms. The first-order chi connectivity index (χ1) is 13.0. The van der Waals surface area contributed by atoms with Crippen molar-refractivity contribution in [2.24, 2.45) is 0 Å². The summed E-state index contributed by atoms with van der Waals surface area (Å²) in [4.78, 5) is 14.8. The lowest BCUT2D eigenvalue weighted by Crippen LogP contribution is -2.32. The SMILES string of the molecule is CCCN(CCC)C(=O)c1cccc(S(=O)(=O)N2Cc3ccccc3C2)c1. The van der Waals surface area contributed by atoms with Crippen LogP contribution in [0.15, 0.2) is 53.4 Å². The third kappa shape index (κ3) is 4.06. The maximum atomic E-state index is 13.1. The van der Waals surface area contributed by atoms with Crippen LogP contribution in [0.3, 0.4) is 0 Å². The minimum absolute atomic E-state index is 0.111. The van der Waals surface area contributed by atoms with Gasteiger partial charge >= 0.3 is 0 Å². The van der Waals surface area contributed by atoms with Gasteiger partial charge in [0.2, 0.25) is 10.0 Å². The molecular weight excluding hydrogens is 360 g/mol. The fourth-order valence-corrected chi connectivity index (χ4v) is 4.89. The van der Waals surface area contributed by atoms with Gasteiger partial charge < -0.3 is 4.90 Å². The Morgan fingerprint density at radius 1 is 0.963 bits per heavy atom. The van der Waals surface area contributed by atoms with Crippen molar-refractivity contribution in [3.63, 3.8) is 0 Å². The number of rotatable bonds is 7. The number of benzene rings is 2. The fraction of sp³-hybridized carbons (Fsp3) is 0.381. The lowest BCUT2D eigenvalue weighted by molar-refractivity contribution is 0.0755. The summed E-state index contributed by atoms with van der Waals surface area (Å²) < 4.78 is 27.7. The van der Waals surface area contributed by atoms with Gasteiger partial charge in [-0.05, 0) is 42.2 Å². The summed E-state index contributed by atoms with van der Waals surface area (Å²) in [6, 6.07) is 14.2. The Morgan fingerprint density at radius 2 is 1.56 bits per heavy atom. The van der Waals surface area contributed by atoms with Gasteiger partial charge in [0, 0.05) is 31.7 Å². The Bertz CT molecular complexity index is 894. The molecule has 0 bridgehead atoms. The maximum Gasteiger partial charge on any atom is 0.253 e. The number of fused-ring (bicyclic) bond motifs is 1. The Labute approximate surface area is 161 Å². The Kier molecular flexibility index (Phi) is 5.97. The van der Waals surface area contributed by atoms with E-state index in [9.17, 15) is 13.2 Å². The van der Waals surface area contributed by atoms with Crippen LogP contribution >= 0.6 is 0 Å². The number of carbonyl (C=O) groups is 1. The second kappa shape index (κ2) is 8.23. The van der Waals surface area contributed by atoms with E-state index in [4.69, 9.17) is 0 Å². The molecule has 1 aliphatic rings. The van der Waals surface area contributed by atoms with Gasteiger partial charge in [-0.3, -0.25) is 4.79 Å². The molecule has 0 fully saturated rings. The van der Waals surface area contributed by atoms with Gasteiger partial charge in [0.15, 0.2) is 0 Å². The summed E-state index contributed by atoms with van der Waals surface area (Å²) in [7, 11) is -3.65. The number of carbonyl (C=O) groups excluding carboxylic acids is 1. The third-order valence-corrected chi connectivity index (χ3v) is 6.59. The van der Waals surface area contributed by atoms with E-state index in [1.807, 2.05) is 38.1 Å². The molecular formula is C21H26N2O3S. The molecule has 1 heterocycles. The van der Waals surface area contributed by atoms with Crippen LogP contribution in [0.2, 0.25) is 0 Å². The van der Waals surface area contributed by atoms with Crippen molar-refractivity contribution < 1.29 is 13.2 Å². The molecule has 1 aliphatic heterocycles. The minimum Gasteiger partial charge on any atom is -0.339 e. The van der Waals surface area contributed by atoms with Crippen LogP contribution in [0.5, 0.6) is 0 Å². The lowest BCUT2D eigenvalue weighted by atomic mass is 10.1. The van der Waals surface area contributed by atoms with E-state index in [2.05, 4.69) is 0 Å². The zero-order valence-electron chi connectivity index (χ0n) is 15.9. The monoisotopic (exact) mass is 386 g/mol. The zero-order chi connectivity index (χ0) is 19.4. The molecule has 0 saturated carbocycles. The molecule has 6 heteroatoms. The summed E-state index contributed by atoms with van der Waals surface area (Å²) in [5.41, 5.74) is 2.49. The summed E-state index contributed by atoms with van der Waals surface area (Å²) in [5.74, 6) is -0.111. The molecule has 2 aromatic rings. The predicted octanol–water partition coefficient (Wildman–Crippen LogP) is 3.65. The smallest absolute Gasteiger partial charge is 0.253 e. The standard InChI is InChI=1S/C21H26N2O3S/c1-3-12-22(13-4-2)21(24)17-10-7-11-20(14-17)27(25,26)23-15-18-8-5-6-9-19(18)16-23/h5-11,14H,3-4,12-13,15-16H2,1-2H3. The normalized spacial score (nSPS) is 14.1. The molecule has 27 heavy (non-hydrogen) atoms. The summed E-state index contributed by atoms with van der Waals surface area (Å²) in [5, 5.41) is 0. The largest absolute Gasteiger partial charge is 0.339 e. The van der Waals surface area contributed by atoms with Crippen LogP contribution in [0.1, 0.15) is 48.2 Å². The van der Waals surface area contributed by atoms with Crippen molar-refractivity contribution >= 4 is 15.9 Å². The number of hydrogen-bond donors (Lipinski definition) is 0. The Balaban J connectivity index is 1.86. The van der Waals surface area contributed by atoms with Gasteiger partial charge in [0.25, 0.3) is 5.91 Å². The van der Waals surface area contributed by atoms with Crippen LogP contribution < -0.4 is 0 Å². The quantitative estimate of drug-likeness (QED) is 0.730. The number of sulfonamides is 1. The van der Waals surface area contributed by atoms with Gasteiger partial charge in [0.1, 0.15) is 0 Å². The van der Waals surface area contributed by atoms with Crippen molar-refractivity contribution in [3.8, 4) is 0 Å². The van der Waals surface area contributed by atoms with Crippen LogP contribution in [0, 0.1) is 0 Å². The van der Waals surface area contributed by atoms with Crippen LogP contribution in [0.4, 0.5) is 0 Å². The van der Waals surface area contributed by atoms with Gasteiger partial charge in [-0.25, -0.2) is 8.42 Å². The highest BCUT2D eigenvalue weighted by Crippen LogP contribution is 2.28. The molecule has 144 valence electrons. The fourth-order valence-electron chi connectivity index (χ4n) is 3.45. The Hall–Kier alpha value is -2.18. The van der Waals surface area contributed by atoms with E-state index >= 15 is 0 Å². The highest BCUT2D eigenvalue weighted by Gasteiger charge is 2.31. The van der Waals surface area contributed by atoms with Crippen molar-refractivity contribution in [1.82, 2.24) is 9.21 Å².